The number of anilines is 4. The Morgan fingerprint density at radius 3 is 2.55 bits per heavy atom. The van der Waals surface area contributed by atoms with Gasteiger partial charge in [0.05, 0.1) is 0 Å². The lowest BCUT2D eigenvalue weighted by atomic mass is 10.2. The first-order valence-electron chi connectivity index (χ1n) is 6.32. The van der Waals surface area contributed by atoms with Gasteiger partial charge in [-0.2, -0.15) is 4.98 Å². The molecule has 0 aliphatic heterocycles. The van der Waals surface area contributed by atoms with Crippen LogP contribution in [0.2, 0.25) is 0 Å². The summed E-state index contributed by atoms with van der Waals surface area (Å²) < 4.78 is 5.62. The van der Waals surface area contributed by atoms with E-state index >= 15 is 0 Å². The van der Waals surface area contributed by atoms with Crippen LogP contribution in [0.1, 0.15) is 0 Å². The van der Waals surface area contributed by atoms with Crippen LogP contribution in [-0.2, 0) is 0 Å². The van der Waals surface area contributed by atoms with Gasteiger partial charge in [-0.3, -0.25) is 0 Å². The molecule has 0 amide bonds. The highest BCUT2D eigenvalue weighted by Crippen LogP contribution is 2.24. The van der Waals surface area contributed by atoms with Crippen molar-refractivity contribution >= 4 is 34.2 Å². The van der Waals surface area contributed by atoms with Crippen LogP contribution in [0.3, 0.4) is 0 Å². The minimum absolute atomic E-state index is 0.461. The third-order valence-electron chi connectivity index (χ3n) is 3.05. The molecular weight excluding hydrogens is 252 g/mol. The van der Waals surface area contributed by atoms with Crippen LogP contribution in [0, 0.1) is 0 Å². The normalized spacial score (nSPS) is 10.7. The van der Waals surface area contributed by atoms with Crippen LogP contribution in [0.4, 0.5) is 23.1 Å². The average molecular weight is 268 g/mol. The van der Waals surface area contributed by atoms with Gasteiger partial charge < -0.3 is 20.4 Å². The number of oxazole rings is 1. The zero-order valence-electron chi connectivity index (χ0n) is 11.4. The van der Waals surface area contributed by atoms with Gasteiger partial charge in [0.25, 0.3) is 6.01 Å². The quantitative estimate of drug-likeness (QED) is 0.714. The number of nitrogens with two attached hydrogens (primary N) is 1. The highest BCUT2D eigenvalue weighted by molar-refractivity contribution is 5.78. The Bertz CT molecular complexity index is 731. The van der Waals surface area contributed by atoms with Crippen molar-refractivity contribution in [3.8, 4) is 0 Å². The largest absolute Gasteiger partial charge is 0.423 e. The number of benzene rings is 2. The van der Waals surface area contributed by atoms with Gasteiger partial charge >= 0.3 is 0 Å². The lowest BCUT2D eigenvalue weighted by Crippen LogP contribution is -2.08. The zero-order valence-corrected chi connectivity index (χ0v) is 11.4. The van der Waals surface area contributed by atoms with Gasteiger partial charge in [-0.05, 0) is 36.4 Å². The molecule has 0 fully saturated rings. The van der Waals surface area contributed by atoms with E-state index < -0.39 is 0 Å². The lowest BCUT2D eigenvalue weighted by Gasteiger charge is -2.12. The second kappa shape index (κ2) is 4.77. The number of hydrogen-bond acceptors (Lipinski definition) is 5. The number of nitrogens with one attached hydrogen (secondary N) is 1. The Morgan fingerprint density at radius 2 is 1.85 bits per heavy atom. The van der Waals surface area contributed by atoms with Gasteiger partial charge in [0.1, 0.15) is 5.52 Å². The van der Waals surface area contributed by atoms with Crippen molar-refractivity contribution in [2.24, 2.45) is 0 Å². The molecule has 0 saturated carbocycles. The predicted molar refractivity (Wildman–Crippen MR) is 82.5 cm³/mol. The smallest absolute Gasteiger partial charge is 0.300 e. The van der Waals surface area contributed by atoms with E-state index in [2.05, 4.69) is 10.3 Å². The summed E-state index contributed by atoms with van der Waals surface area (Å²) in [7, 11) is 4.02. The molecule has 3 rings (SSSR count). The maximum atomic E-state index is 5.72. The molecule has 1 heterocycles. The Balaban J connectivity index is 1.85. The Kier molecular flexibility index (Phi) is 2.95. The summed E-state index contributed by atoms with van der Waals surface area (Å²) in [4.78, 5) is 6.41. The molecule has 0 aliphatic carbocycles. The molecule has 1 aromatic heterocycles. The van der Waals surface area contributed by atoms with E-state index in [0.29, 0.717) is 17.3 Å². The SMILES string of the molecule is CN(C)c1ccc(Nc2nc3ccc(N)cc3o2)cc1. The minimum atomic E-state index is 0.461. The standard InChI is InChI=1S/C15H16N4O/c1-19(2)12-6-4-11(5-7-12)17-15-18-13-8-3-10(16)9-14(13)20-15/h3-9H,16H2,1-2H3,(H,17,18). The molecule has 0 unspecified atom stereocenters. The van der Waals surface area contributed by atoms with Gasteiger partial charge in [0, 0.05) is 37.2 Å². The van der Waals surface area contributed by atoms with Crippen LogP contribution in [-0.4, -0.2) is 19.1 Å². The maximum Gasteiger partial charge on any atom is 0.300 e. The molecule has 0 aliphatic rings. The van der Waals surface area contributed by atoms with E-state index in [1.165, 1.54) is 0 Å². The minimum Gasteiger partial charge on any atom is -0.423 e. The third kappa shape index (κ3) is 2.38. The predicted octanol–water partition coefficient (Wildman–Crippen LogP) is 3.22. The van der Waals surface area contributed by atoms with Crippen molar-refractivity contribution in [3.63, 3.8) is 0 Å². The molecular formula is C15H16N4O. The fourth-order valence-electron chi connectivity index (χ4n) is 1.96. The molecule has 3 aromatic rings. The van der Waals surface area contributed by atoms with E-state index in [-0.39, 0.29) is 0 Å². The summed E-state index contributed by atoms with van der Waals surface area (Å²) in [6, 6.07) is 13.9. The number of fused-ring (bicyclic) bond motifs is 1. The summed E-state index contributed by atoms with van der Waals surface area (Å²) in [6.45, 7) is 0. The van der Waals surface area contributed by atoms with E-state index in [1.54, 1.807) is 12.1 Å². The number of nitrogen functional groups attached to an aromatic ring is 1. The van der Waals surface area contributed by atoms with Crippen LogP contribution >= 0.6 is 0 Å². The molecule has 102 valence electrons. The van der Waals surface area contributed by atoms with Crippen molar-refractivity contribution < 1.29 is 4.42 Å². The van der Waals surface area contributed by atoms with E-state index in [9.17, 15) is 0 Å². The first-order valence-corrected chi connectivity index (χ1v) is 6.32. The highest BCUT2D eigenvalue weighted by Gasteiger charge is 2.06. The van der Waals surface area contributed by atoms with Crippen LogP contribution in [0.15, 0.2) is 46.9 Å². The second-order valence-corrected chi connectivity index (χ2v) is 4.81. The topological polar surface area (TPSA) is 67.3 Å². The van der Waals surface area contributed by atoms with E-state index in [0.717, 1.165) is 16.9 Å². The number of rotatable bonds is 3. The van der Waals surface area contributed by atoms with Gasteiger partial charge in [0.15, 0.2) is 5.58 Å². The molecule has 5 heteroatoms. The van der Waals surface area contributed by atoms with Gasteiger partial charge in [-0.15, -0.1) is 0 Å². The summed E-state index contributed by atoms with van der Waals surface area (Å²) in [5, 5.41) is 3.14. The molecule has 20 heavy (non-hydrogen) atoms. The van der Waals surface area contributed by atoms with E-state index in [4.69, 9.17) is 10.2 Å². The van der Waals surface area contributed by atoms with E-state index in [1.807, 2.05) is 49.3 Å². The zero-order chi connectivity index (χ0) is 14.1. The molecule has 5 nitrogen and oxygen atoms in total. The van der Waals surface area contributed by atoms with Gasteiger partial charge in [-0.1, -0.05) is 0 Å². The molecule has 0 radical (unpaired) electrons. The Hall–Kier alpha value is -2.69. The fourth-order valence-corrected chi connectivity index (χ4v) is 1.96. The molecule has 3 N–H and O–H groups in total. The third-order valence-corrected chi connectivity index (χ3v) is 3.05. The monoisotopic (exact) mass is 268 g/mol. The first-order chi connectivity index (χ1) is 9.61. The van der Waals surface area contributed by atoms with Crippen molar-refractivity contribution in [2.45, 2.75) is 0 Å². The molecule has 0 saturated heterocycles. The molecule has 0 spiro atoms. The van der Waals surface area contributed by atoms with Crippen molar-refractivity contribution in [1.29, 1.82) is 0 Å². The second-order valence-electron chi connectivity index (χ2n) is 4.81. The van der Waals surface area contributed by atoms with Crippen molar-refractivity contribution in [1.82, 2.24) is 4.98 Å². The highest BCUT2D eigenvalue weighted by atomic mass is 16.4. The maximum absolute atomic E-state index is 5.72. The van der Waals surface area contributed by atoms with Gasteiger partial charge in [0.2, 0.25) is 0 Å². The molecule has 2 aromatic carbocycles. The molecule has 0 atom stereocenters. The van der Waals surface area contributed by atoms with Crippen molar-refractivity contribution in [3.05, 3.63) is 42.5 Å². The molecule has 0 bridgehead atoms. The first kappa shape index (κ1) is 12.3. The Morgan fingerprint density at radius 1 is 1.10 bits per heavy atom. The lowest BCUT2D eigenvalue weighted by molar-refractivity contribution is 0.623. The fraction of sp³-hybridized carbons (Fsp3) is 0.133. The van der Waals surface area contributed by atoms with Crippen LogP contribution in [0.25, 0.3) is 11.1 Å². The van der Waals surface area contributed by atoms with Gasteiger partial charge in [-0.25, -0.2) is 0 Å². The number of aromatic nitrogens is 1. The van der Waals surface area contributed by atoms with Crippen LogP contribution < -0.4 is 16.0 Å². The van der Waals surface area contributed by atoms with Crippen molar-refractivity contribution in [2.75, 3.05) is 30.0 Å². The number of nitrogens with zero attached hydrogens (tertiary/aromatic N) is 2. The van der Waals surface area contributed by atoms with Crippen LogP contribution in [0.5, 0.6) is 0 Å². The summed E-state index contributed by atoms with van der Waals surface area (Å²) >= 11 is 0. The average Bonchev–Trinajstić information content (AvgIpc) is 2.80. The Labute approximate surface area is 117 Å². The summed E-state index contributed by atoms with van der Waals surface area (Å²) in [6.07, 6.45) is 0. The number of hydrogen-bond donors (Lipinski definition) is 2. The summed E-state index contributed by atoms with van der Waals surface area (Å²) in [5.74, 6) is 0. The summed E-state index contributed by atoms with van der Waals surface area (Å²) in [5.41, 5.74) is 9.91.